The highest BCUT2D eigenvalue weighted by molar-refractivity contribution is 6.06. The Labute approximate surface area is 159 Å². The molecule has 0 atom stereocenters. The van der Waals surface area contributed by atoms with Crippen molar-refractivity contribution in [1.82, 2.24) is 4.57 Å². The first kappa shape index (κ1) is 18.6. The molecule has 1 aromatic heterocycles. The van der Waals surface area contributed by atoms with Gasteiger partial charge in [-0.1, -0.05) is 37.3 Å². The second kappa shape index (κ2) is 8.04. The highest BCUT2D eigenvalue weighted by atomic mass is 16.2. The third kappa shape index (κ3) is 3.70. The van der Waals surface area contributed by atoms with Gasteiger partial charge in [0.05, 0.1) is 5.52 Å². The summed E-state index contributed by atoms with van der Waals surface area (Å²) in [6, 6.07) is 16.7. The van der Waals surface area contributed by atoms with Crippen molar-refractivity contribution < 1.29 is 4.79 Å². The maximum Gasteiger partial charge on any atom is 0.258 e. The molecule has 4 nitrogen and oxygen atoms in total. The number of anilines is 1. The third-order valence-electron chi connectivity index (χ3n) is 4.69. The number of aryl methyl sites for hydroxylation is 1. The first-order valence-corrected chi connectivity index (χ1v) is 9.24. The molecule has 3 rings (SSSR count). The van der Waals surface area contributed by atoms with E-state index in [0.29, 0.717) is 12.1 Å². The van der Waals surface area contributed by atoms with E-state index >= 15 is 0 Å². The van der Waals surface area contributed by atoms with Crippen LogP contribution < -0.4 is 10.5 Å². The van der Waals surface area contributed by atoms with Crippen molar-refractivity contribution in [2.75, 3.05) is 11.9 Å². The Morgan fingerprint density at radius 3 is 2.48 bits per heavy atom. The van der Waals surface area contributed by atoms with Gasteiger partial charge in [0.2, 0.25) is 0 Å². The lowest BCUT2D eigenvalue weighted by atomic mass is 10.1. The molecule has 4 heteroatoms. The molecule has 0 saturated carbocycles. The summed E-state index contributed by atoms with van der Waals surface area (Å²) in [5, 5.41) is 0.964. The Morgan fingerprint density at radius 1 is 1.07 bits per heavy atom. The van der Waals surface area contributed by atoms with Gasteiger partial charge in [-0.3, -0.25) is 9.59 Å². The maximum atomic E-state index is 12.8. The Morgan fingerprint density at radius 2 is 1.81 bits per heavy atom. The molecule has 0 saturated heterocycles. The van der Waals surface area contributed by atoms with Crippen LogP contribution >= 0.6 is 0 Å². The van der Waals surface area contributed by atoms with Gasteiger partial charge in [0.1, 0.15) is 0 Å². The molecule has 27 heavy (non-hydrogen) atoms. The predicted molar refractivity (Wildman–Crippen MR) is 112 cm³/mol. The quantitative estimate of drug-likeness (QED) is 0.661. The zero-order valence-electron chi connectivity index (χ0n) is 16.0. The van der Waals surface area contributed by atoms with E-state index in [1.807, 2.05) is 67.6 Å². The number of benzene rings is 2. The van der Waals surface area contributed by atoms with Crippen LogP contribution in [0.1, 0.15) is 36.2 Å². The zero-order valence-corrected chi connectivity index (χ0v) is 16.0. The van der Waals surface area contributed by atoms with E-state index in [9.17, 15) is 9.59 Å². The van der Waals surface area contributed by atoms with E-state index in [4.69, 9.17) is 0 Å². The fourth-order valence-electron chi connectivity index (χ4n) is 3.21. The van der Waals surface area contributed by atoms with Crippen LogP contribution in [0.25, 0.3) is 17.0 Å². The van der Waals surface area contributed by atoms with Gasteiger partial charge in [-0.2, -0.15) is 0 Å². The van der Waals surface area contributed by atoms with E-state index < -0.39 is 0 Å². The maximum absolute atomic E-state index is 12.8. The lowest BCUT2D eigenvalue weighted by Gasteiger charge is -2.19. The first-order valence-electron chi connectivity index (χ1n) is 9.24. The molecule has 138 valence electrons. The van der Waals surface area contributed by atoms with E-state index in [1.165, 1.54) is 0 Å². The van der Waals surface area contributed by atoms with Gasteiger partial charge < -0.3 is 9.47 Å². The molecule has 0 radical (unpaired) electrons. The minimum atomic E-state index is -0.0654. The second-order valence-electron chi connectivity index (χ2n) is 6.42. The molecule has 2 aromatic carbocycles. The van der Waals surface area contributed by atoms with E-state index in [0.717, 1.165) is 28.6 Å². The first-order chi connectivity index (χ1) is 13.1. The van der Waals surface area contributed by atoms with Crippen LogP contribution in [-0.4, -0.2) is 17.5 Å². The minimum absolute atomic E-state index is 0.0118. The van der Waals surface area contributed by atoms with Gasteiger partial charge in [0, 0.05) is 36.3 Å². The molecule has 3 aromatic rings. The van der Waals surface area contributed by atoms with Crippen molar-refractivity contribution in [3.8, 4) is 0 Å². The summed E-state index contributed by atoms with van der Waals surface area (Å²) >= 11 is 0. The molecular formula is C23H24N2O2. The fourth-order valence-corrected chi connectivity index (χ4v) is 3.21. The van der Waals surface area contributed by atoms with Crippen molar-refractivity contribution in [3.63, 3.8) is 0 Å². The lowest BCUT2D eigenvalue weighted by molar-refractivity contribution is 0.0993. The molecule has 0 fully saturated rings. The van der Waals surface area contributed by atoms with Crippen molar-refractivity contribution in [2.24, 2.45) is 0 Å². The second-order valence-corrected chi connectivity index (χ2v) is 6.42. The summed E-state index contributed by atoms with van der Waals surface area (Å²) in [4.78, 5) is 26.8. The smallest absolute Gasteiger partial charge is 0.258 e. The van der Waals surface area contributed by atoms with Gasteiger partial charge in [-0.15, -0.1) is 0 Å². The number of rotatable bonds is 5. The minimum Gasteiger partial charge on any atom is -0.311 e. The Balaban J connectivity index is 2.13. The molecule has 0 aliphatic carbocycles. The van der Waals surface area contributed by atoms with Gasteiger partial charge in [-0.05, 0) is 49.2 Å². The van der Waals surface area contributed by atoms with Crippen LogP contribution in [-0.2, 0) is 6.54 Å². The summed E-state index contributed by atoms with van der Waals surface area (Å²) in [6.07, 6.45) is 4.91. The number of fused-ring (bicyclic) bond motifs is 1. The van der Waals surface area contributed by atoms with Crippen molar-refractivity contribution in [2.45, 2.75) is 26.8 Å². The average molecular weight is 360 g/mol. The Hall–Kier alpha value is -3.14. The molecule has 0 aliphatic heterocycles. The average Bonchev–Trinajstić information content (AvgIpc) is 2.71. The molecule has 1 heterocycles. The number of carbonyl (C=O) groups is 1. The molecule has 0 unspecified atom stereocenters. The van der Waals surface area contributed by atoms with Crippen LogP contribution in [0.4, 0.5) is 5.69 Å². The Bertz CT molecular complexity index is 1050. The highest BCUT2D eigenvalue weighted by Gasteiger charge is 2.15. The number of carbonyl (C=O) groups excluding carboxylic acids is 1. The molecule has 0 N–H and O–H groups in total. The summed E-state index contributed by atoms with van der Waals surface area (Å²) in [7, 11) is 1.77. The van der Waals surface area contributed by atoms with Crippen LogP contribution in [0.15, 0.2) is 65.5 Å². The van der Waals surface area contributed by atoms with Crippen molar-refractivity contribution >= 4 is 28.6 Å². The number of amides is 1. The molecular weight excluding hydrogens is 336 g/mol. The zero-order chi connectivity index (χ0) is 19.4. The fraction of sp³-hybridized carbons (Fsp3) is 0.217. The molecule has 1 amide bonds. The van der Waals surface area contributed by atoms with Crippen molar-refractivity contribution in [1.29, 1.82) is 0 Å². The van der Waals surface area contributed by atoms with Gasteiger partial charge in [-0.25, -0.2) is 0 Å². The molecule has 0 spiro atoms. The number of aromatic nitrogens is 1. The van der Waals surface area contributed by atoms with Gasteiger partial charge in [0.15, 0.2) is 0 Å². The SMILES string of the molecule is CC/C=C/c1cc(=O)n(CC)c2ccc(N(C)C(=O)c3ccccc3)cc12. The summed E-state index contributed by atoms with van der Waals surface area (Å²) in [6.45, 7) is 4.62. The number of allylic oxidation sites excluding steroid dienone is 1. The number of nitrogens with zero attached hydrogens (tertiary/aromatic N) is 2. The van der Waals surface area contributed by atoms with Crippen LogP contribution in [0.3, 0.4) is 0 Å². The number of hydrogen-bond donors (Lipinski definition) is 0. The Kier molecular flexibility index (Phi) is 5.55. The van der Waals surface area contributed by atoms with E-state index in [2.05, 4.69) is 6.92 Å². The van der Waals surface area contributed by atoms with Gasteiger partial charge in [0.25, 0.3) is 11.5 Å². The van der Waals surface area contributed by atoms with Gasteiger partial charge >= 0.3 is 0 Å². The van der Waals surface area contributed by atoms with Crippen LogP contribution in [0.5, 0.6) is 0 Å². The largest absolute Gasteiger partial charge is 0.311 e. The standard InChI is InChI=1S/C23H24N2O2/c1-4-6-10-18-15-22(26)25(5-2)21-14-13-19(16-20(18)21)24(3)23(27)17-11-8-7-9-12-17/h6-16H,4-5H2,1-3H3/b10-6+. The van der Waals surface area contributed by atoms with E-state index in [1.54, 1.807) is 22.6 Å². The van der Waals surface area contributed by atoms with Crippen LogP contribution in [0, 0.1) is 0 Å². The molecule has 0 bridgehead atoms. The summed E-state index contributed by atoms with van der Waals surface area (Å²) in [5.41, 5.74) is 3.18. The van der Waals surface area contributed by atoms with Crippen molar-refractivity contribution in [3.05, 3.63) is 82.2 Å². The van der Waals surface area contributed by atoms with Crippen LogP contribution in [0.2, 0.25) is 0 Å². The number of pyridine rings is 1. The van der Waals surface area contributed by atoms with E-state index in [-0.39, 0.29) is 11.5 Å². The molecule has 0 aliphatic rings. The predicted octanol–water partition coefficient (Wildman–Crippen LogP) is 4.72. The normalized spacial score (nSPS) is 11.2. The number of hydrogen-bond acceptors (Lipinski definition) is 2. The topological polar surface area (TPSA) is 42.3 Å². The summed E-state index contributed by atoms with van der Waals surface area (Å²) < 4.78 is 1.75. The monoisotopic (exact) mass is 360 g/mol. The summed E-state index contributed by atoms with van der Waals surface area (Å²) in [5.74, 6) is -0.0654. The lowest BCUT2D eigenvalue weighted by Crippen LogP contribution is -2.26. The third-order valence-corrected chi connectivity index (χ3v) is 4.69. The highest BCUT2D eigenvalue weighted by Crippen LogP contribution is 2.25.